The first-order valence-electron chi connectivity index (χ1n) is 41.7. The van der Waals surface area contributed by atoms with Crippen LogP contribution in [0.4, 0.5) is 0 Å². The summed E-state index contributed by atoms with van der Waals surface area (Å²) >= 11 is 1.87. The predicted molar refractivity (Wildman–Crippen MR) is 514 cm³/mol. The zero-order valence-electron chi connectivity index (χ0n) is 67.0. The molecule has 6 aromatic heterocycles. The maximum absolute atomic E-state index is 6.56. The molecule has 580 valence electrons. The average molecular weight is 1600 g/mol. The van der Waals surface area contributed by atoms with Crippen LogP contribution >= 0.6 is 11.3 Å². The summed E-state index contributed by atoms with van der Waals surface area (Å²) in [4.78, 5) is 30.9. The molecule has 0 saturated heterocycles. The van der Waals surface area contributed by atoms with Crippen LogP contribution in [0.15, 0.2) is 441 Å². The lowest BCUT2D eigenvalue weighted by Gasteiger charge is -2.16. The van der Waals surface area contributed by atoms with E-state index < -0.39 is 0 Å². The maximum Gasteiger partial charge on any atom is 0.164 e. The molecule has 124 heavy (non-hydrogen) atoms. The number of para-hydroxylation sites is 4. The van der Waals surface area contributed by atoms with Crippen molar-refractivity contribution in [3.63, 3.8) is 0 Å². The Labute approximate surface area is 718 Å². The standard InChI is InChI=1S/C63H40N4O.C51H32N4S/c1-4-16-41(17-5-1)43-30-32-45(33-31-43)61-64-62(48-23-14-22-46(38-48)42-18-6-2-7-19-42)66-63(65-61)49-35-37-57(55(39-49)44-20-8-3-9-21-44)67-56-28-12-10-24-51(56)52-36-34-47(40-58(52)67)50-26-15-27-54-53-25-11-13-29-59(53)68-60(50)54;1-4-15-33(16-5-1)44-32-37(28-30-43(44)51-53-49(34-17-6-2-7-18-34)52-50(54-51)35-19-8-3-9-20-35)55-45-25-12-10-21-39(45)40-29-27-36(31-46(40)55)38-23-14-24-42-41-22-11-13-26-47(41)56-48(38)42/h1-40H;1-32H. The fourth-order valence-corrected chi connectivity index (χ4v) is 19.0. The van der Waals surface area contributed by atoms with Gasteiger partial charge in [-0.1, -0.05) is 358 Å². The molecule has 18 aromatic carbocycles. The number of nitrogens with zero attached hydrogens (tertiary/aromatic N) is 8. The van der Waals surface area contributed by atoms with Gasteiger partial charge >= 0.3 is 0 Å². The Morgan fingerprint density at radius 2 is 0.589 bits per heavy atom. The summed E-state index contributed by atoms with van der Waals surface area (Å²) in [7, 11) is 0. The van der Waals surface area contributed by atoms with Crippen molar-refractivity contribution in [2.75, 3.05) is 0 Å². The Morgan fingerprint density at radius 1 is 0.194 bits per heavy atom. The molecule has 0 unspecified atom stereocenters. The van der Waals surface area contributed by atoms with Crippen molar-refractivity contribution in [1.29, 1.82) is 0 Å². The number of furan rings is 1. The Morgan fingerprint density at radius 3 is 1.21 bits per heavy atom. The highest BCUT2D eigenvalue weighted by Crippen LogP contribution is 2.47. The molecule has 6 heterocycles. The van der Waals surface area contributed by atoms with Gasteiger partial charge < -0.3 is 13.6 Å². The fourth-order valence-electron chi connectivity index (χ4n) is 17.8. The van der Waals surface area contributed by atoms with E-state index in [0.717, 1.165) is 144 Å². The molecule has 0 atom stereocenters. The van der Waals surface area contributed by atoms with Gasteiger partial charge in [-0.3, -0.25) is 0 Å². The molecular formula is C114H72N8OS. The van der Waals surface area contributed by atoms with Gasteiger partial charge in [0, 0.05) is 103 Å². The molecule has 0 fully saturated rings. The van der Waals surface area contributed by atoms with Gasteiger partial charge in [-0.2, -0.15) is 0 Å². The number of hydrogen-bond acceptors (Lipinski definition) is 8. The topological polar surface area (TPSA) is 100 Å². The largest absolute Gasteiger partial charge is 0.455 e. The van der Waals surface area contributed by atoms with E-state index >= 15 is 0 Å². The van der Waals surface area contributed by atoms with E-state index in [1.165, 1.54) is 52.8 Å². The van der Waals surface area contributed by atoms with Crippen molar-refractivity contribution in [1.82, 2.24) is 39.0 Å². The van der Waals surface area contributed by atoms with E-state index in [1.807, 2.05) is 96.3 Å². The molecule has 24 rings (SSSR count). The van der Waals surface area contributed by atoms with E-state index in [2.05, 4.69) is 361 Å². The SMILES string of the molecule is c1ccc(-c2ccc(-c3nc(-c4cccc(-c5ccccc5)c4)nc(-c4ccc(-n5c6ccccc6c6ccc(-c7cccc8c7oc7ccccc78)cc65)c(-c5ccccc5)c4)n3)cc2)cc1.c1ccc(-c2nc(-c3ccccc3)nc(-c3ccc(-n4c5ccccc5c5ccc(-c6cccc7c6sc6ccccc67)cc54)cc3-c3ccccc3)n2)cc1. The van der Waals surface area contributed by atoms with Crippen LogP contribution in [0.25, 0.3) is 232 Å². The summed E-state index contributed by atoms with van der Waals surface area (Å²) in [6, 6.07) is 154. The van der Waals surface area contributed by atoms with Crippen molar-refractivity contribution in [2.45, 2.75) is 0 Å². The van der Waals surface area contributed by atoms with E-state index in [0.29, 0.717) is 34.9 Å². The van der Waals surface area contributed by atoms with Crippen LogP contribution in [0, 0.1) is 0 Å². The Hall–Kier alpha value is -16.4. The lowest BCUT2D eigenvalue weighted by Crippen LogP contribution is -2.02. The Kier molecular flexibility index (Phi) is 18.2. The minimum atomic E-state index is 0.592. The summed E-state index contributed by atoms with van der Waals surface area (Å²) in [6.45, 7) is 0. The van der Waals surface area contributed by atoms with Crippen molar-refractivity contribution in [3.05, 3.63) is 437 Å². The normalized spacial score (nSPS) is 11.5. The van der Waals surface area contributed by atoms with E-state index in [-0.39, 0.29) is 0 Å². The molecule has 9 nitrogen and oxygen atoms in total. The number of benzene rings is 18. The fraction of sp³-hybridized carbons (Fsp3) is 0. The van der Waals surface area contributed by atoms with Gasteiger partial charge in [0.25, 0.3) is 0 Å². The summed E-state index contributed by atoms with van der Waals surface area (Å²) in [5.41, 5.74) is 27.3. The molecular weight excluding hydrogens is 1530 g/mol. The quantitative estimate of drug-likeness (QED) is 0.107. The molecule has 0 saturated carbocycles. The van der Waals surface area contributed by atoms with Gasteiger partial charge in [0.05, 0.1) is 27.8 Å². The summed E-state index contributed by atoms with van der Waals surface area (Å²) in [6.07, 6.45) is 0. The highest BCUT2D eigenvalue weighted by molar-refractivity contribution is 7.26. The van der Waals surface area contributed by atoms with Crippen LogP contribution in [0.1, 0.15) is 0 Å². The first-order chi connectivity index (χ1) is 61.5. The smallest absolute Gasteiger partial charge is 0.164 e. The van der Waals surface area contributed by atoms with Gasteiger partial charge in [-0.25, -0.2) is 29.9 Å². The molecule has 0 bridgehead atoms. The molecule has 0 N–H and O–H groups in total. The second-order valence-electron chi connectivity index (χ2n) is 31.2. The van der Waals surface area contributed by atoms with Crippen molar-refractivity contribution in [2.24, 2.45) is 0 Å². The maximum atomic E-state index is 6.56. The molecule has 0 amide bonds. The molecule has 24 aromatic rings. The Balaban J connectivity index is 0.000000146. The summed E-state index contributed by atoms with van der Waals surface area (Å²) in [5, 5.41) is 9.63. The van der Waals surface area contributed by atoms with Crippen LogP contribution in [-0.2, 0) is 0 Å². The molecule has 0 aliphatic heterocycles. The number of hydrogen-bond donors (Lipinski definition) is 0. The first-order valence-corrected chi connectivity index (χ1v) is 42.5. The van der Waals surface area contributed by atoms with Gasteiger partial charge in [0.2, 0.25) is 0 Å². The number of fused-ring (bicyclic) bond motifs is 12. The monoisotopic (exact) mass is 1600 g/mol. The minimum Gasteiger partial charge on any atom is -0.455 e. The Bertz CT molecular complexity index is 8150. The highest BCUT2D eigenvalue weighted by atomic mass is 32.1. The lowest BCUT2D eigenvalue weighted by atomic mass is 9.98. The molecule has 0 spiro atoms. The highest BCUT2D eigenvalue weighted by Gasteiger charge is 2.25. The summed E-state index contributed by atoms with van der Waals surface area (Å²) < 4.78 is 14.0. The first kappa shape index (κ1) is 72.8. The number of thiophene rings is 1. The van der Waals surface area contributed by atoms with Gasteiger partial charge in [-0.05, 0) is 134 Å². The third kappa shape index (κ3) is 13.2. The van der Waals surface area contributed by atoms with Crippen LogP contribution < -0.4 is 0 Å². The zero-order valence-corrected chi connectivity index (χ0v) is 67.8. The average Bonchev–Trinajstić information content (AvgIpc) is 1.58. The van der Waals surface area contributed by atoms with Crippen molar-refractivity contribution in [3.8, 4) is 146 Å². The minimum absolute atomic E-state index is 0.592. The second kappa shape index (κ2) is 31.1. The van der Waals surface area contributed by atoms with Crippen LogP contribution in [0.2, 0.25) is 0 Å². The van der Waals surface area contributed by atoms with Crippen molar-refractivity contribution < 1.29 is 4.42 Å². The van der Waals surface area contributed by atoms with Crippen LogP contribution in [0.5, 0.6) is 0 Å². The van der Waals surface area contributed by atoms with Gasteiger partial charge in [0.1, 0.15) is 11.2 Å². The van der Waals surface area contributed by atoms with Gasteiger partial charge in [-0.15, -0.1) is 11.3 Å². The van der Waals surface area contributed by atoms with Crippen LogP contribution in [-0.4, -0.2) is 39.0 Å². The molecule has 0 aliphatic rings. The zero-order chi connectivity index (χ0) is 82.0. The predicted octanol–water partition coefficient (Wildman–Crippen LogP) is 30.2. The third-order valence-corrected chi connectivity index (χ3v) is 25.0. The third-order valence-electron chi connectivity index (χ3n) is 23.8. The van der Waals surface area contributed by atoms with E-state index in [4.69, 9.17) is 34.3 Å². The van der Waals surface area contributed by atoms with Crippen LogP contribution in [0.3, 0.4) is 0 Å². The summed E-state index contributed by atoms with van der Waals surface area (Å²) in [5.74, 6) is 3.71. The number of rotatable bonds is 14. The second-order valence-corrected chi connectivity index (χ2v) is 32.2. The van der Waals surface area contributed by atoms with Crippen molar-refractivity contribution >= 4 is 97.1 Å². The van der Waals surface area contributed by atoms with Gasteiger partial charge in [0.15, 0.2) is 34.9 Å². The molecule has 0 radical (unpaired) electrons. The molecule has 0 aliphatic carbocycles. The molecule has 10 heteroatoms. The lowest BCUT2D eigenvalue weighted by molar-refractivity contribution is 0.670. The van der Waals surface area contributed by atoms with E-state index in [9.17, 15) is 0 Å². The van der Waals surface area contributed by atoms with E-state index in [1.54, 1.807) is 0 Å². The number of aromatic nitrogens is 8.